The minimum Gasteiger partial charge on any atom is -0.503 e. The van der Waals surface area contributed by atoms with Crippen LogP contribution in [0.4, 0.5) is 0 Å². The maximum Gasteiger partial charge on any atom is 0.309 e. The zero-order valence-corrected chi connectivity index (χ0v) is 18.9. The first-order valence-corrected chi connectivity index (χ1v) is 11.0. The molecule has 2 heterocycles. The molecule has 0 aliphatic carbocycles. The summed E-state index contributed by atoms with van der Waals surface area (Å²) in [5.41, 5.74) is -0.138. The van der Waals surface area contributed by atoms with Gasteiger partial charge in [-0.2, -0.15) is 0 Å². The van der Waals surface area contributed by atoms with Gasteiger partial charge in [-0.1, -0.05) is 31.2 Å². The molecule has 0 radical (unpaired) electrons. The number of aromatic nitrogens is 1. The van der Waals surface area contributed by atoms with E-state index in [1.807, 2.05) is 47.8 Å². The second kappa shape index (κ2) is 10.8. The van der Waals surface area contributed by atoms with Crippen LogP contribution in [0.3, 0.4) is 0 Å². The van der Waals surface area contributed by atoms with Gasteiger partial charge in [-0.15, -0.1) is 11.3 Å². The highest BCUT2D eigenvalue weighted by Crippen LogP contribution is 2.31. The number of Topliss-reactive ketones (excluding diaryl/α,β-unsaturated/α-hetero) is 1. The molecule has 7 nitrogen and oxygen atoms in total. The minimum atomic E-state index is -0.738. The van der Waals surface area contributed by atoms with Crippen molar-refractivity contribution in [2.24, 2.45) is 5.92 Å². The van der Waals surface area contributed by atoms with E-state index in [0.717, 1.165) is 4.88 Å². The molecular weight excluding hydrogens is 430 g/mol. The van der Waals surface area contributed by atoms with Crippen molar-refractivity contribution in [3.63, 3.8) is 0 Å². The lowest BCUT2D eigenvalue weighted by Gasteiger charge is -2.25. The van der Waals surface area contributed by atoms with Crippen molar-refractivity contribution >= 4 is 23.1 Å². The summed E-state index contributed by atoms with van der Waals surface area (Å²) in [7, 11) is 1.38. The fourth-order valence-electron chi connectivity index (χ4n) is 3.11. The second-order valence-electron chi connectivity index (χ2n) is 7.25. The predicted octanol–water partition coefficient (Wildman–Crippen LogP) is 4.82. The van der Waals surface area contributed by atoms with Gasteiger partial charge in [0.25, 0.3) is 0 Å². The number of hydrogen-bond donors (Lipinski definition) is 1. The number of carbonyl (C=O) groups excluding carboxylic acids is 2. The first-order chi connectivity index (χ1) is 15.4. The summed E-state index contributed by atoms with van der Waals surface area (Å²) in [6, 6.07) is 14.6. The molecule has 3 aromatic rings. The highest BCUT2D eigenvalue weighted by molar-refractivity contribution is 7.10. The van der Waals surface area contributed by atoms with Crippen molar-refractivity contribution in [1.82, 2.24) is 4.98 Å². The van der Waals surface area contributed by atoms with Crippen LogP contribution in [-0.4, -0.2) is 35.1 Å². The lowest BCUT2D eigenvalue weighted by Crippen LogP contribution is -2.29. The molecule has 0 unspecified atom stereocenters. The molecule has 3 rings (SSSR count). The Morgan fingerprint density at radius 1 is 1.09 bits per heavy atom. The van der Waals surface area contributed by atoms with Crippen LogP contribution in [0.15, 0.2) is 60.1 Å². The number of ketones is 1. The van der Waals surface area contributed by atoms with Crippen molar-refractivity contribution < 1.29 is 28.9 Å². The van der Waals surface area contributed by atoms with Gasteiger partial charge in [-0.25, -0.2) is 4.98 Å². The minimum absolute atomic E-state index is 0.138. The third-order valence-electron chi connectivity index (χ3n) is 4.82. The standard InChI is InChI=1S/C24H25NO6S/c1-15(14-18(26)21-22(27)19(29-3)11-12-25-21)24(28)30-16(2)23(20-10-7-13-32-20)31-17-8-5-4-6-9-17/h4-13,15-16,23,27H,14H2,1-3H3/t15-,16+,23-/m1/s1. The zero-order valence-electron chi connectivity index (χ0n) is 18.1. The fourth-order valence-corrected chi connectivity index (χ4v) is 3.95. The number of nitrogens with zero attached hydrogens (tertiary/aromatic N) is 1. The number of aromatic hydroxyl groups is 1. The van der Waals surface area contributed by atoms with E-state index in [1.54, 1.807) is 13.8 Å². The van der Waals surface area contributed by atoms with Crippen molar-refractivity contribution in [3.05, 3.63) is 70.7 Å². The lowest BCUT2D eigenvalue weighted by atomic mass is 10.0. The van der Waals surface area contributed by atoms with E-state index >= 15 is 0 Å². The molecule has 0 aliphatic heterocycles. The quantitative estimate of drug-likeness (QED) is 0.346. The summed E-state index contributed by atoms with van der Waals surface area (Å²) in [6.07, 6.45) is 0.113. The predicted molar refractivity (Wildman–Crippen MR) is 120 cm³/mol. The number of rotatable bonds is 10. The van der Waals surface area contributed by atoms with Crippen molar-refractivity contribution in [3.8, 4) is 17.2 Å². The molecular formula is C24H25NO6S. The average Bonchev–Trinajstić information content (AvgIpc) is 3.32. The van der Waals surface area contributed by atoms with Crippen molar-refractivity contribution in [1.29, 1.82) is 0 Å². The third kappa shape index (κ3) is 5.64. The number of carbonyl (C=O) groups is 2. The van der Waals surface area contributed by atoms with Gasteiger partial charge in [-0.05, 0) is 30.5 Å². The smallest absolute Gasteiger partial charge is 0.309 e. The van der Waals surface area contributed by atoms with Crippen LogP contribution < -0.4 is 9.47 Å². The zero-order chi connectivity index (χ0) is 23.1. The third-order valence-corrected chi connectivity index (χ3v) is 5.76. The Kier molecular flexibility index (Phi) is 7.83. The highest BCUT2D eigenvalue weighted by Gasteiger charge is 2.29. The van der Waals surface area contributed by atoms with E-state index in [2.05, 4.69) is 4.98 Å². The summed E-state index contributed by atoms with van der Waals surface area (Å²) in [5, 5.41) is 12.1. The largest absolute Gasteiger partial charge is 0.503 e. The number of esters is 1. The van der Waals surface area contributed by atoms with Crippen LogP contribution in [0.2, 0.25) is 0 Å². The Labute approximate surface area is 190 Å². The van der Waals surface area contributed by atoms with Crippen LogP contribution in [0.1, 0.15) is 41.7 Å². The number of pyridine rings is 1. The Hall–Kier alpha value is -3.39. The summed E-state index contributed by atoms with van der Waals surface area (Å²) in [4.78, 5) is 30.1. The number of ether oxygens (including phenoxy) is 3. The van der Waals surface area contributed by atoms with Crippen LogP contribution >= 0.6 is 11.3 Å². The first-order valence-electron chi connectivity index (χ1n) is 10.1. The summed E-state index contributed by atoms with van der Waals surface area (Å²) in [6.45, 7) is 3.36. The summed E-state index contributed by atoms with van der Waals surface area (Å²) >= 11 is 1.51. The fraction of sp³-hybridized carbons (Fsp3) is 0.292. The van der Waals surface area contributed by atoms with E-state index in [4.69, 9.17) is 14.2 Å². The molecule has 1 aromatic carbocycles. The summed E-state index contributed by atoms with van der Waals surface area (Å²) < 4.78 is 16.8. The molecule has 8 heteroatoms. The van der Waals surface area contributed by atoms with Gasteiger partial charge in [0.1, 0.15) is 11.9 Å². The van der Waals surface area contributed by atoms with Gasteiger partial charge < -0.3 is 19.3 Å². The van der Waals surface area contributed by atoms with E-state index in [1.165, 1.54) is 30.7 Å². The SMILES string of the molecule is COc1ccnc(C(=O)C[C@@H](C)C(=O)O[C@@H](C)[C@@H](Oc2ccccc2)c2cccs2)c1O. The second-order valence-corrected chi connectivity index (χ2v) is 8.23. The summed E-state index contributed by atoms with van der Waals surface area (Å²) in [5.74, 6) is -1.29. The molecule has 0 saturated carbocycles. The molecule has 0 bridgehead atoms. The normalized spacial score (nSPS) is 13.6. The Bertz CT molecular complexity index is 1040. The number of benzene rings is 1. The highest BCUT2D eigenvalue weighted by atomic mass is 32.1. The van der Waals surface area contributed by atoms with Gasteiger partial charge in [-0.3, -0.25) is 9.59 Å². The molecule has 0 fully saturated rings. The molecule has 0 spiro atoms. The van der Waals surface area contributed by atoms with Crippen molar-refractivity contribution in [2.75, 3.05) is 7.11 Å². The number of thiophene rings is 1. The molecule has 0 aliphatic rings. The maximum atomic E-state index is 12.7. The van der Waals surface area contributed by atoms with E-state index in [9.17, 15) is 14.7 Å². The van der Waals surface area contributed by atoms with Gasteiger partial charge >= 0.3 is 5.97 Å². The number of methoxy groups -OCH3 is 1. The molecule has 2 aromatic heterocycles. The molecule has 0 saturated heterocycles. The van der Waals surface area contributed by atoms with Gasteiger partial charge in [0.2, 0.25) is 0 Å². The van der Waals surface area contributed by atoms with E-state index < -0.39 is 29.9 Å². The topological polar surface area (TPSA) is 95.0 Å². The Morgan fingerprint density at radius 2 is 1.84 bits per heavy atom. The maximum absolute atomic E-state index is 12.7. The number of para-hydroxylation sites is 1. The van der Waals surface area contributed by atoms with Gasteiger partial charge in [0.05, 0.1) is 13.0 Å². The molecule has 3 atom stereocenters. The first kappa shape index (κ1) is 23.3. The molecule has 0 amide bonds. The average molecular weight is 456 g/mol. The van der Waals surface area contributed by atoms with Crippen LogP contribution in [0.5, 0.6) is 17.2 Å². The molecule has 1 N–H and O–H groups in total. The van der Waals surface area contributed by atoms with Gasteiger partial charge in [0, 0.05) is 23.6 Å². The van der Waals surface area contributed by atoms with E-state index in [-0.39, 0.29) is 23.6 Å². The van der Waals surface area contributed by atoms with Crippen LogP contribution in [0.25, 0.3) is 0 Å². The van der Waals surface area contributed by atoms with Crippen molar-refractivity contribution in [2.45, 2.75) is 32.5 Å². The van der Waals surface area contributed by atoms with Gasteiger partial charge in [0.15, 0.2) is 29.1 Å². The number of hydrogen-bond acceptors (Lipinski definition) is 8. The Balaban J connectivity index is 1.67. The van der Waals surface area contributed by atoms with Crippen LogP contribution in [-0.2, 0) is 9.53 Å². The van der Waals surface area contributed by atoms with E-state index in [0.29, 0.717) is 5.75 Å². The molecule has 168 valence electrons. The lowest BCUT2D eigenvalue weighted by molar-refractivity contribution is -0.157. The molecule has 32 heavy (non-hydrogen) atoms. The van der Waals surface area contributed by atoms with Crippen LogP contribution in [0, 0.1) is 5.92 Å². The Morgan fingerprint density at radius 3 is 2.50 bits per heavy atom. The monoisotopic (exact) mass is 455 g/mol.